The largest absolute Gasteiger partial charge is 0.475 e. The molecule has 5 heteroatoms. The Bertz CT molecular complexity index is 370. The number of hydrogen-bond acceptors (Lipinski definition) is 3. The molecule has 0 aliphatic carbocycles. The highest BCUT2D eigenvalue weighted by Gasteiger charge is 2.14. The van der Waals surface area contributed by atoms with Gasteiger partial charge in [0.15, 0.2) is 0 Å². The van der Waals surface area contributed by atoms with E-state index in [1.54, 1.807) is 17.0 Å². The van der Waals surface area contributed by atoms with Crippen LogP contribution in [0.15, 0.2) is 12.4 Å². The Morgan fingerprint density at radius 1 is 1.53 bits per heavy atom. The fraction of sp³-hybridized carbons (Fsp3) is 0.667. The molecule has 2 rings (SSSR count). The quantitative estimate of drug-likeness (QED) is 0.811. The van der Waals surface area contributed by atoms with Crippen molar-refractivity contribution in [2.75, 3.05) is 13.1 Å². The van der Waals surface area contributed by atoms with Crippen molar-refractivity contribution in [2.24, 2.45) is 5.92 Å². The second-order valence-electron chi connectivity index (χ2n) is 4.58. The molecular formula is C12H19N3O2. The predicted molar refractivity (Wildman–Crippen MR) is 64.0 cm³/mol. The Balaban J connectivity index is 1.77. The molecule has 1 aliphatic heterocycles. The topological polar surface area (TPSA) is 67.1 Å². The third-order valence-corrected chi connectivity index (χ3v) is 3.38. The smallest absolute Gasteiger partial charge is 0.372 e. The van der Waals surface area contributed by atoms with Crippen LogP contribution in [-0.4, -0.2) is 33.7 Å². The van der Waals surface area contributed by atoms with Gasteiger partial charge in [-0.25, -0.2) is 9.78 Å². The highest BCUT2D eigenvalue weighted by atomic mass is 16.4. The fourth-order valence-electron chi connectivity index (χ4n) is 2.41. The van der Waals surface area contributed by atoms with E-state index in [9.17, 15) is 4.79 Å². The van der Waals surface area contributed by atoms with Gasteiger partial charge in [-0.3, -0.25) is 0 Å². The van der Waals surface area contributed by atoms with Gasteiger partial charge in [-0.1, -0.05) is 0 Å². The third kappa shape index (κ3) is 3.30. The van der Waals surface area contributed by atoms with Crippen molar-refractivity contribution >= 4 is 5.97 Å². The van der Waals surface area contributed by atoms with Crippen LogP contribution in [0.4, 0.5) is 0 Å². The molecule has 0 atom stereocenters. The maximum Gasteiger partial charge on any atom is 0.372 e. The van der Waals surface area contributed by atoms with Crippen LogP contribution >= 0.6 is 0 Å². The average molecular weight is 237 g/mol. The Hall–Kier alpha value is -1.36. The Kier molecular flexibility index (Phi) is 4.14. The standard InChI is InChI=1S/C12H19N3O2/c16-12(17)11-14-7-9-15(11)8-1-2-10-3-5-13-6-4-10/h7,9-10,13H,1-6,8H2,(H,16,17). The van der Waals surface area contributed by atoms with Gasteiger partial charge in [0, 0.05) is 18.9 Å². The van der Waals surface area contributed by atoms with Gasteiger partial charge in [-0.15, -0.1) is 0 Å². The zero-order valence-electron chi connectivity index (χ0n) is 9.93. The Morgan fingerprint density at radius 3 is 3.00 bits per heavy atom. The summed E-state index contributed by atoms with van der Waals surface area (Å²) in [5, 5.41) is 12.3. The summed E-state index contributed by atoms with van der Waals surface area (Å²) >= 11 is 0. The van der Waals surface area contributed by atoms with Crippen LogP contribution in [0, 0.1) is 5.92 Å². The molecule has 0 radical (unpaired) electrons. The average Bonchev–Trinajstić information content (AvgIpc) is 2.79. The minimum Gasteiger partial charge on any atom is -0.475 e. The lowest BCUT2D eigenvalue weighted by atomic mass is 9.93. The summed E-state index contributed by atoms with van der Waals surface area (Å²) in [6.45, 7) is 3.00. The van der Waals surface area contributed by atoms with Crippen LogP contribution in [0.1, 0.15) is 36.3 Å². The normalized spacial score (nSPS) is 17.2. The molecule has 1 saturated heterocycles. The molecule has 5 nitrogen and oxygen atoms in total. The number of aryl methyl sites for hydroxylation is 1. The van der Waals surface area contributed by atoms with Gasteiger partial charge < -0.3 is 15.0 Å². The van der Waals surface area contributed by atoms with Crippen molar-refractivity contribution in [3.63, 3.8) is 0 Å². The van der Waals surface area contributed by atoms with Gasteiger partial charge in [0.25, 0.3) is 0 Å². The molecule has 0 amide bonds. The number of carbonyl (C=O) groups is 1. The van der Waals surface area contributed by atoms with Gasteiger partial charge in [-0.2, -0.15) is 0 Å². The van der Waals surface area contributed by atoms with E-state index in [0.717, 1.165) is 32.0 Å². The van der Waals surface area contributed by atoms with Gasteiger partial charge in [0.2, 0.25) is 5.82 Å². The molecule has 2 heterocycles. The van der Waals surface area contributed by atoms with E-state index in [0.29, 0.717) is 0 Å². The molecular weight excluding hydrogens is 218 g/mol. The van der Waals surface area contributed by atoms with Crippen molar-refractivity contribution in [2.45, 2.75) is 32.2 Å². The summed E-state index contributed by atoms with van der Waals surface area (Å²) < 4.78 is 1.73. The number of aromatic carboxylic acids is 1. The van der Waals surface area contributed by atoms with E-state index in [1.807, 2.05) is 0 Å². The number of nitrogens with zero attached hydrogens (tertiary/aromatic N) is 2. The summed E-state index contributed by atoms with van der Waals surface area (Å²) in [5.74, 6) is 0.000210. The van der Waals surface area contributed by atoms with Crippen molar-refractivity contribution in [3.8, 4) is 0 Å². The number of piperidine rings is 1. The zero-order chi connectivity index (χ0) is 12.1. The second-order valence-corrected chi connectivity index (χ2v) is 4.58. The van der Waals surface area contributed by atoms with Crippen LogP contribution in [0.2, 0.25) is 0 Å². The lowest BCUT2D eigenvalue weighted by Gasteiger charge is -2.22. The fourth-order valence-corrected chi connectivity index (χ4v) is 2.41. The molecule has 17 heavy (non-hydrogen) atoms. The minimum absolute atomic E-state index is 0.148. The zero-order valence-corrected chi connectivity index (χ0v) is 9.93. The van der Waals surface area contributed by atoms with E-state index >= 15 is 0 Å². The van der Waals surface area contributed by atoms with E-state index < -0.39 is 5.97 Å². The maximum absolute atomic E-state index is 10.9. The molecule has 1 aromatic rings. The lowest BCUT2D eigenvalue weighted by Crippen LogP contribution is -2.27. The van der Waals surface area contributed by atoms with Crippen molar-refractivity contribution in [1.29, 1.82) is 0 Å². The first-order valence-corrected chi connectivity index (χ1v) is 6.22. The van der Waals surface area contributed by atoms with Crippen molar-refractivity contribution in [1.82, 2.24) is 14.9 Å². The highest BCUT2D eigenvalue weighted by molar-refractivity contribution is 5.83. The molecule has 0 saturated carbocycles. The first-order chi connectivity index (χ1) is 8.27. The summed E-state index contributed by atoms with van der Waals surface area (Å²) in [4.78, 5) is 14.7. The van der Waals surface area contributed by atoms with Crippen LogP contribution in [0.5, 0.6) is 0 Å². The minimum atomic E-state index is -0.947. The summed E-state index contributed by atoms with van der Waals surface area (Å²) in [6.07, 6.45) is 7.99. The number of nitrogens with one attached hydrogen (secondary N) is 1. The molecule has 1 fully saturated rings. The van der Waals surface area contributed by atoms with Gasteiger partial charge in [0.05, 0.1) is 0 Å². The number of hydrogen-bond donors (Lipinski definition) is 2. The summed E-state index contributed by atoms with van der Waals surface area (Å²) in [5.41, 5.74) is 0. The van der Waals surface area contributed by atoms with Crippen molar-refractivity contribution < 1.29 is 9.90 Å². The van der Waals surface area contributed by atoms with Crippen LogP contribution < -0.4 is 5.32 Å². The number of carboxylic acid groups (broad SMARTS) is 1. The molecule has 0 unspecified atom stereocenters. The molecule has 94 valence electrons. The Morgan fingerprint density at radius 2 is 2.29 bits per heavy atom. The molecule has 0 spiro atoms. The van der Waals surface area contributed by atoms with E-state index in [2.05, 4.69) is 10.3 Å². The second kappa shape index (κ2) is 5.82. The lowest BCUT2D eigenvalue weighted by molar-refractivity contribution is 0.0678. The number of imidazole rings is 1. The number of rotatable bonds is 5. The van der Waals surface area contributed by atoms with Gasteiger partial charge >= 0.3 is 5.97 Å². The SMILES string of the molecule is O=C(O)c1nccn1CCCC1CCNCC1. The first kappa shape index (κ1) is 12.1. The number of carboxylic acids is 1. The highest BCUT2D eigenvalue weighted by Crippen LogP contribution is 2.18. The molecule has 1 aromatic heterocycles. The van der Waals surface area contributed by atoms with Crippen LogP contribution in [-0.2, 0) is 6.54 Å². The van der Waals surface area contributed by atoms with Crippen molar-refractivity contribution in [3.05, 3.63) is 18.2 Å². The van der Waals surface area contributed by atoms with Crippen LogP contribution in [0.3, 0.4) is 0 Å². The van der Waals surface area contributed by atoms with Crippen LogP contribution in [0.25, 0.3) is 0 Å². The van der Waals surface area contributed by atoms with Gasteiger partial charge in [0.1, 0.15) is 0 Å². The maximum atomic E-state index is 10.9. The van der Waals surface area contributed by atoms with Gasteiger partial charge in [-0.05, 0) is 44.7 Å². The molecule has 1 aliphatic rings. The molecule has 2 N–H and O–H groups in total. The number of aromatic nitrogens is 2. The molecule has 0 bridgehead atoms. The Labute approximate surface area is 101 Å². The molecule has 0 aromatic carbocycles. The van der Waals surface area contributed by atoms with E-state index in [-0.39, 0.29) is 5.82 Å². The van der Waals surface area contributed by atoms with E-state index in [1.165, 1.54) is 19.3 Å². The van der Waals surface area contributed by atoms with E-state index in [4.69, 9.17) is 5.11 Å². The monoisotopic (exact) mass is 237 g/mol. The summed E-state index contributed by atoms with van der Waals surface area (Å²) in [7, 11) is 0. The first-order valence-electron chi connectivity index (χ1n) is 6.22. The third-order valence-electron chi connectivity index (χ3n) is 3.38. The summed E-state index contributed by atoms with van der Waals surface area (Å²) in [6, 6.07) is 0. The predicted octanol–water partition coefficient (Wildman–Crippen LogP) is 1.36.